The smallest absolute Gasteiger partial charge is 0.308 e. The van der Waals surface area contributed by atoms with E-state index in [-0.39, 0.29) is 17.8 Å². The summed E-state index contributed by atoms with van der Waals surface area (Å²) in [6, 6.07) is 0. The van der Waals surface area contributed by atoms with E-state index >= 15 is 0 Å². The van der Waals surface area contributed by atoms with E-state index in [1.54, 1.807) is 6.20 Å². The van der Waals surface area contributed by atoms with E-state index in [1.807, 2.05) is 6.92 Å². The first-order chi connectivity index (χ1) is 10.4. The molecule has 0 radical (unpaired) electrons. The molecule has 4 nitrogen and oxygen atoms in total. The molecule has 0 saturated heterocycles. The van der Waals surface area contributed by atoms with E-state index < -0.39 is 5.60 Å². The van der Waals surface area contributed by atoms with Crippen LogP contribution in [0.15, 0.2) is 9.98 Å². The molecule has 2 rings (SSSR count). The molecule has 124 valence electrons. The van der Waals surface area contributed by atoms with Crippen LogP contribution in [0.1, 0.15) is 57.4 Å². The Hall–Kier alpha value is -0.460. The Balaban J connectivity index is 1.87. The van der Waals surface area contributed by atoms with Gasteiger partial charge in [-0.05, 0) is 60.9 Å². The van der Waals surface area contributed by atoms with Crippen LogP contribution in [0.3, 0.4) is 0 Å². The highest BCUT2D eigenvalue weighted by molar-refractivity contribution is 9.11. The molecule has 1 N–H and O–H groups in total. The Bertz CT molecular complexity index is 495. The fourth-order valence-corrected chi connectivity index (χ4v) is 4.32. The van der Waals surface area contributed by atoms with Crippen LogP contribution in [0, 0.1) is 11.8 Å². The van der Waals surface area contributed by atoms with Crippen molar-refractivity contribution in [3.63, 3.8) is 0 Å². The summed E-state index contributed by atoms with van der Waals surface area (Å²) in [5.74, 6) is 0.0701. The lowest BCUT2D eigenvalue weighted by Crippen LogP contribution is -2.36. The lowest BCUT2D eigenvalue weighted by atomic mass is 9.74. The van der Waals surface area contributed by atoms with Gasteiger partial charge in [0.1, 0.15) is 10.6 Å². The molecule has 1 fully saturated rings. The quantitative estimate of drug-likeness (QED) is 0.582. The van der Waals surface area contributed by atoms with Crippen molar-refractivity contribution in [3.05, 3.63) is 15.0 Å². The van der Waals surface area contributed by atoms with Crippen LogP contribution in [0.5, 0.6) is 0 Å². The summed E-state index contributed by atoms with van der Waals surface area (Å²) in [6.07, 6.45) is 6.93. The van der Waals surface area contributed by atoms with E-state index in [0.717, 1.165) is 47.3 Å². The average molecular weight is 390 g/mol. The van der Waals surface area contributed by atoms with Crippen LogP contribution in [0.25, 0.3) is 0 Å². The second kappa shape index (κ2) is 7.88. The van der Waals surface area contributed by atoms with Gasteiger partial charge in [0.25, 0.3) is 0 Å². The van der Waals surface area contributed by atoms with Gasteiger partial charge in [0.2, 0.25) is 0 Å². The predicted octanol–water partition coefficient (Wildman–Crippen LogP) is 4.26. The topological polar surface area (TPSA) is 59.4 Å². The van der Waals surface area contributed by atoms with Crippen molar-refractivity contribution in [2.24, 2.45) is 11.8 Å². The summed E-state index contributed by atoms with van der Waals surface area (Å²) < 4.78 is 6.24. The van der Waals surface area contributed by atoms with Crippen molar-refractivity contribution in [3.8, 4) is 0 Å². The number of hydrogen-bond acceptors (Lipinski definition) is 5. The molecule has 1 atom stereocenters. The van der Waals surface area contributed by atoms with Gasteiger partial charge in [-0.2, -0.15) is 0 Å². The normalized spacial score (nSPS) is 24.7. The molecule has 1 unspecified atom stereocenters. The van der Waals surface area contributed by atoms with Crippen molar-refractivity contribution in [1.29, 1.82) is 0 Å². The van der Waals surface area contributed by atoms with Crippen molar-refractivity contribution >= 4 is 33.2 Å². The zero-order valence-electron chi connectivity index (χ0n) is 13.2. The SMILES string of the molecule is CCCCOC(=O)[C@H]1CC[C@H](C(C)(O)c2ncc(Br)s2)CC1. The highest BCUT2D eigenvalue weighted by atomic mass is 79.9. The van der Waals surface area contributed by atoms with Gasteiger partial charge in [-0.15, -0.1) is 11.3 Å². The molecule has 0 spiro atoms. The van der Waals surface area contributed by atoms with E-state index in [4.69, 9.17) is 4.74 Å². The minimum Gasteiger partial charge on any atom is -0.465 e. The number of esters is 1. The highest BCUT2D eigenvalue weighted by Crippen LogP contribution is 2.42. The Labute approximate surface area is 144 Å². The number of halogens is 1. The van der Waals surface area contributed by atoms with Crippen LogP contribution in [0.4, 0.5) is 0 Å². The third kappa shape index (κ3) is 4.30. The Morgan fingerprint density at radius 1 is 1.50 bits per heavy atom. The number of thiazole rings is 1. The molecule has 1 saturated carbocycles. The average Bonchev–Trinajstić information content (AvgIpc) is 2.95. The molecular weight excluding hydrogens is 366 g/mol. The number of rotatable bonds is 6. The van der Waals surface area contributed by atoms with E-state index in [2.05, 4.69) is 27.8 Å². The van der Waals surface area contributed by atoms with Crippen LogP contribution >= 0.6 is 27.3 Å². The van der Waals surface area contributed by atoms with Gasteiger partial charge in [-0.3, -0.25) is 4.79 Å². The maximum atomic E-state index is 12.0. The molecule has 1 aromatic heterocycles. The first kappa shape index (κ1) is 17.9. The largest absolute Gasteiger partial charge is 0.465 e. The molecule has 6 heteroatoms. The van der Waals surface area contributed by atoms with Gasteiger partial charge >= 0.3 is 5.97 Å². The number of carbonyl (C=O) groups excluding carboxylic acids is 1. The van der Waals surface area contributed by atoms with Gasteiger partial charge in [0.15, 0.2) is 0 Å². The highest BCUT2D eigenvalue weighted by Gasteiger charge is 2.40. The summed E-state index contributed by atoms with van der Waals surface area (Å²) in [4.78, 5) is 16.3. The third-order valence-corrected chi connectivity index (χ3v) is 6.21. The summed E-state index contributed by atoms with van der Waals surface area (Å²) in [6.45, 7) is 4.45. The molecule has 1 aliphatic rings. The second-order valence-electron chi connectivity index (χ2n) is 6.19. The molecule has 0 aromatic carbocycles. The van der Waals surface area contributed by atoms with Gasteiger partial charge in [-0.1, -0.05) is 13.3 Å². The lowest BCUT2D eigenvalue weighted by molar-refractivity contribution is -0.151. The third-order valence-electron chi connectivity index (χ3n) is 4.51. The number of carbonyl (C=O) groups is 1. The number of unbranched alkanes of at least 4 members (excludes halogenated alkanes) is 1. The molecule has 0 bridgehead atoms. The summed E-state index contributed by atoms with van der Waals surface area (Å²) in [5.41, 5.74) is -0.923. The van der Waals surface area contributed by atoms with Gasteiger partial charge in [-0.25, -0.2) is 4.98 Å². The Morgan fingerprint density at radius 2 is 2.18 bits per heavy atom. The fraction of sp³-hybridized carbons (Fsp3) is 0.750. The Kier molecular flexibility index (Phi) is 6.41. The van der Waals surface area contributed by atoms with Crippen molar-refractivity contribution < 1.29 is 14.6 Å². The standard InChI is InChI=1S/C16H24BrNO3S/c1-3-4-9-21-14(19)11-5-7-12(8-6-11)16(2,20)15-18-10-13(17)22-15/h10-12,20H,3-9H2,1-2H3/t11-,12-,16?. The van der Waals surface area contributed by atoms with Crippen LogP contribution < -0.4 is 0 Å². The zero-order chi connectivity index (χ0) is 16.2. The number of nitrogens with zero attached hydrogens (tertiary/aromatic N) is 1. The van der Waals surface area contributed by atoms with E-state index in [1.165, 1.54) is 11.3 Å². The number of aromatic nitrogens is 1. The Morgan fingerprint density at radius 3 is 2.73 bits per heavy atom. The molecule has 1 aliphatic carbocycles. The number of aliphatic hydroxyl groups is 1. The minimum absolute atomic E-state index is 0.00747. The van der Waals surface area contributed by atoms with Crippen molar-refractivity contribution in [1.82, 2.24) is 4.98 Å². The molecule has 22 heavy (non-hydrogen) atoms. The maximum Gasteiger partial charge on any atom is 0.308 e. The van der Waals surface area contributed by atoms with Crippen LogP contribution in [-0.4, -0.2) is 22.7 Å². The van der Waals surface area contributed by atoms with Gasteiger partial charge < -0.3 is 9.84 Å². The summed E-state index contributed by atoms with van der Waals surface area (Å²) >= 11 is 4.86. The zero-order valence-corrected chi connectivity index (χ0v) is 15.6. The van der Waals surface area contributed by atoms with Crippen LogP contribution in [-0.2, 0) is 15.1 Å². The second-order valence-corrected chi connectivity index (χ2v) is 8.60. The first-order valence-electron chi connectivity index (χ1n) is 7.96. The van der Waals surface area contributed by atoms with E-state index in [0.29, 0.717) is 6.61 Å². The van der Waals surface area contributed by atoms with Crippen LogP contribution in [0.2, 0.25) is 0 Å². The summed E-state index contributed by atoms with van der Waals surface area (Å²) in [7, 11) is 0. The maximum absolute atomic E-state index is 12.0. The number of hydrogen-bond donors (Lipinski definition) is 1. The molecule has 1 heterocycles. The van der Waals surface area contributed by atoms with Crippen molar-refractivity contribution in [2.45, 2.75) is 58.0 Å². The lowest BCUT2D eigenvalue weighted by Gasteiger charge is -2.36. The molecule has 0 amide bonds. The van der Waals surface area contributed by atoms with E-state index in [9.17, 15) is 9.90 Å². The molecular formula is C16H24BrNO3S. The number of ether oxygens (including phenoxy) is 1. The minimum atomic E-state index is -0.923. The monoisotopic (exact) mass is 389 g/mol. The van der Waals surface area contributed by atoms with Gasteiger partial charge in [0, 0.05) is 0 Å². The summed E-state index contributed by atoms with van der Waals surface area (Å²) in [5, 5.41) is 11.6. The first-order valence-corrected chi connectivity index (χ1v) is 9.57. The van der Waals surface area contributed by atoms with Gasteiger partial charge in [0.05, 0.1) is 22.5 Å². The fourth-order valence-electron chi connectivity index (χ4n) is 2.99. The van der Waals surface area contributed by atoms with Crippen molar-refractivity contribution in [2.75, 3.05) is 6.61 Å². The molecule has 0 aliphatic heterocycles. The molecule has 1 aromatic rings. The predicted molar refractivity (Wildman–Crippen MR) is 90.7 cm³/mol.